The molecule has 115 heavy (non-hydrogen) atoms. The van der Waals surface area contributed by atoms with Crippen molar-refractivity contribution < 1.29 is 42.2 Å². The lowest BCUT2D eigenvalue weighted by Gasteiger charge is -2.20. The molecule has 10 aliphatic carbocycles. The molecule has 17 rings (SSSR count). The van der Waals surface area contributed by atoms with Gasteiger partial charge >= 0.3 is 5.97 Å². The van der Waals surface area contributed by atoms with E-state index in [1.165, 1.54) is 271 Å². The molecule has 2 amide bonds. The van der Waals surface area contributed by atoms with Gasteiger partial charge in [-0.3, -0.25) is 34.2 Å². The van der Waals surface area contributed by atoms with Gasteiger partial charge in [-0.15, -0.1) is 16.9 Å². The molecule has 642 valence electrons. The van der Waals surface area contributed by atoms with Crippen molar-refractivity contribution in [1.82, 2.24) is 40.8 Å². The van der Waals surface area contributed by atoms with Crippen LogP contribution < -0.4 is 25.7 Å². The fraction of sp³-hybridized carbons (Fsp3) is 0.739. The summed E-state index contributed by atoms with van der Waals surface area (Å²) in [6.45, 7) is 24.2. The average molecular weight is 1670 g/mol. The smallest absolute Gasteiger partial charge is 0.306 e. The van der Waals surface area contributed by atoms with Crippen LogP contribution in [-0.2, 0) is 38.7 Å². The summed E-state index contributed by atoms with van der Waals surface area (Å²) in [6.07, 6.45) is 65.4. The van der Waals surface area contributed by atoms with Crippen molar-refractivity contribution >= 4 is 96.8 Å². The lowest BCUT2D eigenvalue weighted by atomic mass is 9.88. The van der Waals surface area contributed by atoms with Gasteiger partial charge in [0.1, 0.15) is 35.5 Å². The molecule has 0 radical (unpaired) electrons. The maximum absolute atomic E-state index is 11.3. The number of nitrogens with one attached hydrogen (secondary N) is 6. The number of carbonyl (C=O) groups excluding carboxylic acids is 2. The van der Waals surface area contributed by atoms with E-state index >= 15 is 0 Å². The first-order valence-electron chi connectivity index (χ1n) is 44.4. The van der Waals surface area contributed by atoms with Gasteiger partial charge in [-0.25, -0.2) is 34.3 Å². The van der Waals surface area contributed by atoms with Gasteiger partial charge in [0.25, 0.3) is 0 Å². The Hall–Kier alpha value is -6.19. The number of carbonyl (C=O) groups is 3. The predicted molar refractivity (Wildman–Crippen MR) is 476 cm³/mol. The van der Waals surface area contributed by atoms with Crippen LogP contribution in [0.15, 0.2) is 109 Å². The van der Waals surface area contributed by atoms with Crippen molar-refractivity contribution in [2.24, 2.45) is 83.3 Å². The fourth-order valence-electron chi connectivity index (χ4n) is 17.6. The second-order valence-electron chi connectivity index (χ2n) is 33.6. The Bertz CT molecular complexity index is 3260. The van der Waals surface area contributed by atoms with Gasteiger partial charge in [0, 0.05) is 88.6 Å². The number of aliphatic imine (C=N–C) groups is 5. The van der Waals surface area contributed by atoms with Crippen LogP contribution in [0.25, 0.3) is 0 Å². The van der Waals surface area contributed by atoms with E-state index in [-0.39, 0.29) is 23.7 Å². The number of hydroxylamine groups is 1. The maximum Gasteiger partial charge on any atom is 0.306 e. The maximum atomic E-state index is 11.3. The molecular weight excluding hydrogens is 1530 g/mol. The first kappa shape index (κ1) is 94.3. The number of amidine groups is 2. The van der Waals surface area contributed by atoms with E-state index < -0.39 is 16.0 Å². The number of hydrogen-bond donors (Lipinski definition) is 7. The first-order valence-corrected chi connectivity index (χ1v) is 48.9. The second kappa shape index (κ2) is 53.4. The quantitative estimate of drug-likeness (QED) is 0.101. The summed E-state index contributed by atoms with van der Waals surface area (Å²) in [7, 11) is -1.65. The van der Waals surface area contributed by atoms with Gasteiger partial charge < -0.3 is 29.5 Å². The zero-order chi connectivity index (χ0) is 81.8. The molecule has 16 aliphatic rings. The number of thioether (sulfide) groups is 2. The van der Waals surface area contributed by atoms with Crippen molar-refractivity contribution in [1.29, 1.82) is 0 Å². The molecule has 10 fully saturated rings. The third kappa shape index (κ3) is 36.5. The number of carboxylic acid groups (broad SMARTS) is 1. The molecule has 10 saturated carbocycles. The predicted octanol–water partition coefficient (Wildman–Crippen LogP) is 21.0. The number of aromatic amines is 1. The zero-order valence-electron chi connectivity index (χ0n) is 70.0. The van der Waals surface area contributed by atoms with Crippen LogP contribution >= 0.6 is 35.5 Å². The van der Waals surface area contributed by atoms with Gasteiger partial charge in [-0.05, 0) is 142 Å². The van der Waals surface area contributed by atoms with Gasteiger partial charge in [-0.1, -0.05) is 231 Å². The van der Waals surface area contributed by atoms with E-state index in [0.717, 1.165) is 141 Å². The Morgan fingerprint density at radius 2 is 0.948 bits per heavy atom. The van der Waals surface area contributed by atoms with E-state index in [9.17, 15) is 22.8 Å². The van der Waals surface area contributed by atoms with Crippen LogP contribution in [0.5, 0.6) is 0 Å². The largest absolute Gasteiger partial charge is 0.481 e. The van der Waals surface area contributed by atoms with Crippen LogP contribution in [0, 0.1) is 53.3 Å². The molecule has 0 aromatic carbocycles. The zero-order valence-corrected chi connectivity index (χ0v) is 73.3. The summed E-state index contributed by atoms with van der Waals surface area (Å²) in [5.74, 6) is 11.3. The second-order valence-corrected chi connectivity index (χ2v) is 38.4. The number of amides is 2. The highest BCUT2D eigenvalue weighted by Gasteiger charge is 2.31. The summed E-state index contributed by atoms with van der Waals surface area (Å²) < 4.78 is 37.6. The molecule has 0 saturated heterocycles. The summed E-state index contributed by atoms with van der Waals surface area (Å²) in [5, 5.41) is 25.8. The Labute approximate surface area is 702 Å². The number of ether oxygens (including phenoxy) is 2. The topological polar surface area (TPSA) is 309 Å². The summed E-state index contributed by atoms with van der Waals surface area (Å²) >= 11 is 5.29. The van der Waals surface area contributed by atoms with E-state index in [0.29, 0.717) is 53.9 Å². The van der Waals surface area contributed by atoms with Crippen LogP contribution in [0.3, 0.4) is 0 Å². The number of hydrogen-bond acceptors (Lipinski definition) is 22. The number of nitrogens with zero attached hydrogens (tertiary/aromatic N) is 8. The van der Waals surface area contributed by atoms with Gasteiger partial charge in [-0.2, -0.15) is 10.1 Å². The molecule has 0 spiro atoms. The van der Waals surface area contributed by atoms with Crippen LogP contribution in [0.2, 0.25) is 0 Å². The number of rotatable bonds is 11. The SMILES string of the molecule is C=C1CN=C(C2CCCCC2)S1.C=C1COC(C2CCCCC2)=N1.C=C1CSC(C2CCCCC2)=N1.C=C1N=C(C2CCCCC2)NO1.C=C1N=C(C2CCCCC2)NS1.C=C1NN=C(C2CCCCC2)O1.CNC(=O)C1CCCCC1.CS(=O)(=O)NC(=O)C1CCCCC1.O=C(O)C1CCCCC1.c1n[nH]c(C2CCCCC2)n1. The highest BCUT2D eigenvalue weighted by molar-refractivity contribution is 8.17. The molecule has 0 atom stereocenters. The van der Waals surface area contributed by atoms with Gasteiger partial charge in [0.05, 0.1) is 34.5 Å². The van der Waals surface area contributed by atoms with Crippen molar-refractivity contribution in [2.75, 3.05) is 32.2 Å². The van der Waals surface area contributed by atoms with E-state index in [1.54, 1.807) is 25.3 Å². The minimum absolute atomic E-state index is 0.0289. The van der Waals surface area contributed by atoms with Crippen LogP contribution in [-0.4, -0.2) is 112 Å². The number of H-pyrrole nitrogens is 1. The lowest BCUT2D eigenvalue weighted by Crippen LogP contribution is -2.35. The average Bonchev–Trinajstić information content (AvgIpc) is 1.70. The Morgan fingerprint density at radius 1 is 0.504 bits per heavy atom. The van der Waals surface area contributed by atoms with Crippen molar-refractivity contribution in [3.63, 3.8) is 0 Å². The highest BCUT2D eigenvalue weighted by Crippen LogP contribution is 2.38. The minimum atomic E-state index is -3.37. The number of sulfonamides is 1. The van der Waals surface area contributed by atoms with E-state index in [2.05, 4.69) is 106 Å². The van der Waals surface area contributed by atoms with Crippen molar-refractivity contribution in [2.45, 2.75) is 327 Å². The van der Waals surface area contributed by atoms with Gasteiger partial charge in [0.15, 0.2) is 5.90 Å². The first-order chi connectivity index (χ1) is 55.8. The Morgan fingerprint density at radius 3 is 1.31 bits per heavy atom. The summed E-state index contributed by atoms with van der Waals surface area (Å²) in [6, 6.07) is 0. The molecule has 6 aliphatic heterocycles. The molecule has 27 heteroatoms. The summed E-state index contributed by atoms with van der Waals surface area (Å²) in [5.41, 5.74) is 7.52. The third-order valence-electron chi connectivity index (χ3n) is 24.2. The summed E-state index contributed by atoms with van der Waals surface area (Å²) in [4.78, 5) is 65.0. The minimum Gasteiger partial charge on any atom is -0.481 e. The van der Waals surface area contributed by atoms with E-state index in [4.69, 9.17) is 19.4 Å². The molecule has 0 bridgehead atoms. The highest BCUT2D eigenvalue weighted by atomic mass is 32.2. The molecular formula is C88H142N14O9S4. The van der Waals surface area contributed by atoms with Crippen molar-refractivity contribution in [3.8, 4) is 0 Å². The number of carboxylic acids is 1. The lowest BCUT2D eigenvalue weighted by molar-refractivity contribution is -0.142. The van der Waals surface area contributed by atoms with Crippen LogP contribution in [0.1, 0.15) is 333 Å². The standard InChI is InChI=1S/C10H15NO.2C10H15NS.2C9H14N2O.C9H14N2S.C8H13N3.C8H15NO3S.C8H15NO.C7H12O2/c2*1-8-7-12-10(11-8)9-5-3-2-4-6-9;1-8-7-11-10(12-8)9-5-3-2-4-6-9;1-7-10-11-9(12-7)8-5-3-2-4-6-8;2*1-7-10-9(11-12-7)8-5-3-2-4-6-8;1-2-4-7(5-3-1)8-9-6-10-11-8;1-13(11,12)9-8(10)7-5-3-2-4-6-7;1-9-8(10)7-5-3-2-4-6-7;8-7(9)6-4-2-1-3-5-6/h3*9H,1-7H2;8,10H,1-6H2;2*8H,1-6H2,(H,10,11);6-7H,1-5H2,(H,9,10,11);7H,2-6H2,1H3,(H,9,10);7H,2-6H2,1H3,(H,9,10);6H,1-5H2,(H,8,9). The normalized spacial score (nSPS) is 23.5. The van der Waals surface area contributed by atoms with Crippen molar-refractivity contribution in [3.05, 3.63) is 84.7 Å². The molecule has 1 aromatic heterocycles. The molecule has 7 N–H and O–H groups in total. The van der Waals surface area contributed by atoms with Gasteiger partial charge in [0.2, 0.25) is 39.5 Å². The molecule has 1 aromatic rings. The van der Waals surface area contributed by atoms with E-state index in [1.807, 2.05) is 28.2 Å². The van der Waals surface area contributed by atoms with Crippen LogP contribution in [0.4, 0.5) is 0 Å². The number of aromatic nitrogens is 3. The Balaban J connectivity index is 0.000000160. The number of hydrazone groups is 1. The third-order valence-corrected chi connectivity index (χ3v) is 27.7. The monoisotopic (exact) mass is 1670 g/mol. The molecule has 23 nitrogen and oxygen atoms in total. The molecule has 7 heterocycles. The fourth-order valence-corrected chi connectivity index (χ4v) is 20.8. The number of aliphatic carboxylic acids is 1. The Kier molecular flexibility index (Phi) is 43.8. The molecule has 0 unspecified atom stereocenters.